The maximum atomic E-state index is 5.84. The van der Waals surface area contributed by atoms with Crippen LogP contribution in [0.1, 0.15) is 5.56 Å². The van der Waals surface area contributed by atoms with Crippen molar-refractivity contribution in [3.05, 3.63) is 53.3 Å². The zero-order chi connectivity index (χ0) is 11.4. The van der Waals surface area contributed by atoms with E-state index in [2.05, 4.69) is 4.98 Å². The van der Waals surface area contributed by atoms with Gasteiger partial charge in [-0.15, -0.1) is 0 Å². The molecule has 2 aromatic rings. The molecule has 0 radical (unpaired) electrons. The van der Waals surface area contributed by atoms with Crippen LogP contribution in [0.2, 0.25) is 5.02 Å². The molecule has 0 aliphatic carbocycles. The lowest BCUT2D eigenvalue weighted by Gasteiger charge is -2.07. The maximum absolute atomic E-state index is 5.84. The molecule has 0 aliphatic heterocycles. The second-order valence-corrected chi connectivity index (χ2v) is 3.76. The number of aromatic nitrogens is 1. The minimum Gasteiger partial charge on any atom is -0.489 e. The Balaban J connectivity index is 2.05. The lowest BCUT2D eigenvalue weighted by Crippen LogP contribution is -2.00. The van der Waals surface area contributed by atoms with E-state index >= 15 is 0 Å². The quantitative estimate of drug-likeness (QED) is 0.888. The molecule has 16 heavy (non-hydrogen) atoms. The summed E-state index contributed by atoms with van der Waals surface area (Å²) in [5.74, 6) is 0.726. The molecule has 0 atom stereocenters. The Labute approximate surface area is 98.8 Å². The van der Waals surface area contributed by atoms with Crippen molar-refractivity contribution in [1.29, 1.82) is 0 Å². The standard InChI is InChI=1S/C12H11ClN2O/c13-10-2-1-3-11(6-10)16-8-9-4-5-15-7-12(9)14/h1-7H,8,14H2. The highest BCUT2D eigenvalue weighted by Gasteiger charge is 2.00. The van der Waals surface area contributed by atoms with Gasteiger partial charge in [-0.2, -0.15) is 0 Å². The summed E-state index contributed by atoms with van der Waals surface area (Å²) >= 11 is 5.84. The van der Waals surface area contributed by atoms with E-state index in [4.69, 9.17) is 22.1 Å². The number of nitrogens with zero attached hydrogens (tertiary/aromatic N) is 1. The molecule has 0 bridgehead atoms. The van der Waals surface area contributed by atoms with Gasteiger partial charge in [0.2, 0.25) is 0 Å². The fourth-order valence-corrected chi connectivity index (χ4v) is 1.47. The van der Waals surface area contributed by atoms with E-state index in [1.165, 1.54) is 0 Å². The Hall–Kier alpha value is -1.74. The first-order valence-electron chi connectivity index (χ1n) is 4.82. The van der Waals surface area contributed by atoms with Crippen molar-refractivity contribution in [1.82, 2.24) is 4.98 Å². The van der Waals surface area contributed by atoms with Crippen LogP contribution in [0.5, 0.6) is 5.75 Å². The summed E-state index contributed by atoms with van der Waals surface area (Å²) in [7, 11) is 0. The number of ether oxygens (including phenoxy) is 1. The van der Waals surface area contributed by atoms with Crippen molar-refractivity contribution in [3.8, 4) is 5.75 Å². The van der Waals surface area contributed by atoms with Gasteiger partial charge < -0.3 is 10.5 Å². The van der Waals surface area contributed by atoms with E-state index in [-0.39, 0.29) is 0 Å². The maximum Gasteiger partial charge on any atom is 0.121 e. The van der Waals surface area contributed by atoms with Crippen LogP contribution >= 0.6 is 11.6 Å². The van der Waals surface area contributed by atoms with Crippen LogP contribution < -0.4 is 10.5 Å². The second-order valence-electron chi connectivity index (χ2n) is 3.32. The van der Waals surface area contributed by atoms with Gasteiger partial charge in [0.15, 0.2) is 0 Å². The van der Waals surface area contributed by atoms with Crippen LogP contribution in [0.3, 0.4) is 0 Å². The summed E-state index contributed by atoms with van der Waals surface area (Å²) < 4.78 is 5.56. The van der Waals surface area contributed by atoms with Crippen molar-refractivity contribution >= 4 is 17.3 Å². The number of hydrogen-bond acceptors (Lipinski definition) is 3. The van der Waals surface area contributed by atoms with Crippen molar-refractivity contribution in [2.45, 2.75) is 6.61 Å². The van der Waals surface area contributed by atoms with Crippen LogP contribution in [0, 0.1) is 0 Å². The Morgan fingerprint density at radius 2 is 2.19 bits per heavy atom. The Morgan fingerprint density at radius 1 is 1.31 bits per heavy atom. The van der Waals surface area contributed by atoms with E-state index in [1.54, 1.807) is 24.5 Å². The smallest absolute Gasteiger partial charge is 0.121 e. The number of rotatable bonds is 3. The molecule has 4 heteroatoms. The van der Waals surface area contributed by atoms with Gasteiger partial charge in [0.1, 0.15) is 12.4 Å². The molecule has 0 aliphatic rings. The number of anilines is 1. The number of nitrogen functional groups attached to an aromatic ring is 1. The zero-order valence-electron chi connectivity index (χ0n) is 8.56. The summed E-state index contributed by atoms with van der Waals surface area (Å²) in [5, 5.41) is 0.653. The minimum atomic E-state index is 0.411. The van der Waals surface area contributed by atoms with Crippen LogP contribution in [0.25, 0.3) is 0 Å². The SMILES string of the molecule is Nc1cnccc1COc1cccc(Cl)c1. The van der Waals surface area contributed by atoms with E-state index in [1.807, 2.05) is 18.2 Å². The third-order valence-corrected chi connectivity index (χ3v) is 2.37. The van der Waals surface area contributed by atoms with Gasteiger partial charge in [0.25, 0.3) is 0 Å². The molecule has 0 unspecified atom stereocenters. The molecule has 0 saturated carbocycles. The third kappa shape index (κ3) is 2.64. The minimum absolute atomic E-state index is 0.411. The normalized spacial score (nSPS) is 10.1. The fraction of sp³-hybridized carbons (Fsp3) is 0.0833. The highest BCUT2D eigenvalue weighted by atomic mass is 35.5. The summed E-state index contributed by atoms with van der Waals surface area (Å²) in [6.45, 7) is 0.411. The summed E-state index contributed by atoms with van der Waals surface area (Å²) in [6.07, 6.45) is 3.30. The molecular formula is C12H11ClN2O. The predicted molar refractivity (Wildman–Crippen MR) is 64.4 cm³/mol. The molecule has 2 rings (SSSR count). The van der Waals surface area contributed by atoms with Crippen LogP contribution in [0.4, 0.5) is 5.69 Å². The van der Waals surface area contributed by atoms with E-state index in [9.17, 15) is 0 Å². The van der Waals surface area contributed by atoms with Crippen molar-refractivity contribution in [2.75, 3.05) is 5.73 Å². The lowest BCUT2D eigenvalue weighted by molar-refractivity contribution is 0.307. The molecule has 0 fully saturated rings. The first kappa shape index (κ1) is 10.8. The number of hydrogen-bond donors (Lipinski definition) is 1. The Kier molecular flexibility index (Phi) is 3.27. The highest BCUT2D eigenvalue weighted by Crippen LogP contribution is 2.19. The number of pyridine rings is 1. The van der Waals surface area contributed by atoms with Gasteiger partial charge in [-0.25, -0.2) is 0 Å². The average molecular weight is 235 g/mol. The zero-order valence-corrected chi connectivity index (χ0v) is 9.32. The molecule has 1 aromatic heterocycles. The molecule has 0 saturated heterocycles. The molecule has 0 spiro atoms. The van der Waals surface area contributed by atoms with Crippen molar-refractivity contribution < 1.29 is 4.74 Å². The second kappa shape index (κ2) is 4.86. The third-order valence-electron chi connectivity index (χ3n) is 2.14. The van der Waals surface area contributed by atoms with Gasteiger partial charge in [-0.1, -0.05) is 17.7 Å². The van der Waals surface area contributed by atoms with E-state index in [0.29, 0.717) is 17.3 Å². The molecule has 0 amide bonds. The molecule has 1 heterocycles. The summed E-state index contributed by atoms with van der Waals surface area (Å²) in [4.78, 5) is 3.91. The van der Waals surface area contributed by atoms with Gasteiger partial charge in [-0.3, -0.25) is 4.98 Å². The van der Waals surface area contributed by atoms with Gasteiger partial charge in [-0.05, 0) is 24.3 Å². The molecule has 2 N–H and O–H groups in total. The Morgan fingerprint density at radius 3 is 2.94 bits per heavy atom. The highest BCUT2D eigenvalue weighted by molar-refractivity contribution is 6.30. The topological polar surface area (TPSA) is 48.1 Å². The molecular weight excluding hydrogens is 224 g/mol. The van der Waals surface area contributed by atoms with Crippen molar-refractivity contribution in [2.24, 2.45) is 0 Å². The number of benzene rings is 1. The monoisotopic (exact) mass is 234 g/mol. The van der Waals surface area contributed by atoms with E-state index < -0.39 is 0 Å². The molecule has 1 aromatic carbocycles. The van der Waals surface area contributed by atoms with Crippen molar-refractivity contribution in [3.63, 3.8) is 0 Å². The van der Waals surface area contributed by atoms with E-state index in [0.717, 1.165) is 11.3 Å². The van der Waals surface area contributed by atoms with Crippen LogP contribution in [-0.4, -0.2) is 4.98 Å². The molecule has 3 nitrogen and oxygen atoms in total. The first-order chi connectivity index (χ1) is 7.75. The van der Waals surface area contributed by atoms with Crippen LogP contribution in [-0.2, 0) is 6.61 Å². The largest absolute Gasteiger partial charge is 0.489 e. The summed E-state index contributed by atoms with van der Waals surface area (Å²) in [6, 6.07) is 9.09. The molecule has 82 valence electrons. The summed E-state index contributed by atoms with van der Waals surface area (Å²) in [5.41, 5.74) is 7.29. The number of halogens is 1. The lowest BCUT2D eigenvalue weighted by atomic mass is 10.2. The Bertz CT molecular complexity index is 488. The average Bonchev–Trinajstić information content (AvgIpc) is 2.28. The fourth-order valence-electron chi connectivity index (χ4n) is 1.28. The predicted octanol–water partition coefficient (Wildman–Crippen LogP) is 2.90. The first-order valence-corrected chi connectivity index (χ1v) is 5.20. The van der Waals surface area contributed by atoms with Crippen LogP contribution in [0.15, 0.2) is 42.7 Å². The van der Waals surface area contributed by atoms with Gasteiger partial charge >= 0.3 is 0 Å². The van der Waals surface area contributed by atoms with Gasteiger partial charge in [0.05, 0.1) is 11.9 Å². The number of nitrogens with two attached hydrogens (primary N) is 1. The van der Waals surface area contributed by atoms with Gasteiger partial charge in [0, 0.05) is 16.8 Å².